The quantitative estimate of drug-likeness (QED) is 0.738. The summed E-state index contributed by atoms with van der Waals surface area (Å²) in [5, 5.41) is 2.88. The fourth-order valence-corrected chi connectivity index (χ4v) is 2.04. The minimum absolute atomic E-state index is 0.0232. The van der Waals surface area contributed by atoms with E-state index >= 15 is 0 Å². The third kappa shape index (κ3) is 1.63. The molecular weight excluding hydrogens is 232 g/mol. The van der Waals surface area contributed by atoms with Crippen molar-refractivity contribution >= 4 is 21.8 Å². The van der Waals surface area contributed by atoms with E-state index in [4.69, 9.17) is 0 Å². The van der Waals surface area contributed by atoms with Crippen LogP contribution in [0.4, 0.5) is 0 Å². The summed E-state index contributed by atoms with van der Waals surface area (Å²) in [6, 6.07) is 1.85. The van der Waals surface area contributed by atoms with E-state index in [0.29, 0.717) is 5.92 Å². The Morgan fingerprint density at radius 1 is 1.69 bits per heavy atom. The van der Waals surface area contributed by atoms with Crippen molar-refractivity contribution in [3.05, 3.63) is 22.4 Å². The van der Waals surface area contributed by atoms with Gasteiger partial charge in [-0.15, -0.1) is 0 Å². The highest BCUT2D eigenvalue weighted by Crippen LogP contribution is 2.18. The molecule has 1 amide bonds. The third-order valence-corrected chi connectivity index (χ3v) is 2.65. The molecule has 0 bridgehead atoms. The summed E-state index contributed by atoms with van der Waals surface area (Å²) in [7, 11) is 0. The Morgan fingerprint density at radius 2 is 2.46 bits per heavy atom. The topological polar surface area (TPSA) is 34.0 Å². The number of carbonyl (C=O) groups is 1. The molecule has 0 aromatic carbocycles. The van der Waals surface area contributed by atoms with Crippen molar-refractivity contribution in [3.63, 3.8) is 0 Å². The summed E-state index contributed by atoms with van der Waals surface area (Å²) in [5.74, 6) is 0.513. The second kappa shape index (κ2) is 3.18. The zero-order valence-corrected chi connectivity index (χ0v) is 8.97. The van der Waals surface area contributed by atoms with Crippen molar-refractivity contribution in [2.45, 2.75) is 13.5 Å². The van der Waals surface area contributed by atoms with Crippen LogP contribution in [0.25, 0.3) is 0 Å². The molecular formula is C9H11BrN2O. The van der Waals surface area contributed by atoms with Crippen LogP contribution in [0.1, 0.15) is 17.4 Å². The molecule has 2 rings (SSSR count). The molecule has 1 unspecified atom stereocenters. The van der Waals surface area contributed by atoms with Crippen LogP contribution in [0.2, 0.25) is 0 Å². The van der Waals surface area contributed by atoms with Gasteiger partial charge in [0.2, 0.25) is 0 Å². The van der Waals surface area contributed by atoms with Gasteiger partial charge >= 0.3 is 0 Å². The summed E-state index contributed by atoms with van der Waals surface area (Å²) < 4.78 is 2.96. The Kier molecular flexibility index (Phi) is 2.15. The smallest absolute Gasteiger partial charge is 0.267 e. The maximum Gasteiger partial charge on any atom is 0.267 e. The summed E-state index contributed by atoms with van der Waals surface area (Å²) in [5.41, 5.74) is 0.747. The van der Waals surface area contributed by atoms with E-state index in [1.807, 2.05) is 16.8 Å². The molecule has 1 aromatic heterocycles. The number of rotatable bonds is 0. The van der Waals surface area contributed by atoms with Gasteiger partial charge < -0.3 is 9.88 Å². The van der Waals surface area contributed by atoms with Gasteiger partial charge in [0.1, 0.15) is 5.69 Å². The van der Waals surface area contributed by atoms with Gasteiger partial charge in [-0.1, -0.05) is 6.92 Å². The molecule has 1 N–H and O–H groups in total. The molecule has 2 heterocycles. The highest BCUT2D eigenvalue weighted by atomic mass is 79.9. The molecule has 1 atom stereocenters. The summed E-state index contributed by atoms with van der Waals surface area (Å²) >= 11 is 3.36. The number of aromatic nitrogens is 1. The Hall–Kier alpha value is -0.770. The van der Waals surface area contributed by atoms with Gasteiger partial charge in [-0.3, -0.25) is 4.79 Å². The SMILES string of the molecule is CC1CNC(=O)c2cc(Br)cn2C1. The largest absolute Gasteiger partial charge is 0.350 e. The van der Waals surface area contributed by atoms with Crippen LogP contribution in [0, 0.1) is 5.92 Å². The standard InChI is InChI=1S/C9H11BrN2O/c1-6-3-11-9(13)8-2-7(10)5-12(8)4-6/h2,5-6H,3-4H2,1H3,(H,11,13). The molecule has 0 spiro atoms. The molecule has 70 valence electrons. The van der Waals surface area contributed by atoms with E-state index in [0.717, 1.165) is 23.3 Å². The van der Waals surface area contributed by atoms with Crippen LogP contribution in [0.15, 0.2) is 16.7 Å². The lowest BCUT2D eigenvalue weighted by molar-refractivity contribution is 0.0949. The highest BCUT2D eigenvalue weighted by Gasteiger charge is 2.18. The van der Waals surface area contributed by atoms with Crippen LogP contribution in [-0.4, -0.2) is 17.0 Å². The van der Waals surface area contributed by atoms with Crippen molar-refractivity contribution < 1.29 is 4.79 Å². The number of carbonyl (C=O) groups excluding carboxylic acids is 1. The average molecular weight is 243 g/mol. The average Bonchev–Trinajstić information content (AvgIpc) is 2.37. The van der Waals surface area contributed by atoms with Gasteiger partial charge in [-0.2, -0.15) is 0 Å². The minimum atomic E-state index is 0.0232. The normalized spacial score (nSPS) is 22.0. The van der Waals surface area contributed by atoms with E-state index in [1.54, 1.807) is 0 Å². The number of nitrogens with one attached hydrogen (secondary N) is 1. The van der Waals surface area contributed by atoms with Gasteiger partial charge in [0.05, 0.1) is 0 Å². The molecule has 4 heteroatoms. The lowest BCUT2D eigenvalue weighted by Gasteiger charge is -2.07. The Bertz CT molecular complexity index is 345. The fraction of sp³-hybridized carbons (Fsp3) is 0.444. The second-order valence-corrected chi connectivity index (χ2v) is 4.43. The van der Waals surface area contributed by atoms with Crippen molar-refractivity contribution in [2.75, 3.05) is 6.54 Å². The number of hydrogen-bond acceptors (Lipinski definition) is 1. The lowest BCUT2D eigenvalue weighted by atomic mass is 10.2. The molecule has 13 heavy (non-hydrogen) atoms. The van der Waals surface area contributed by atoms with Crippen LogP contribution in [0.5, 0.6) is 0 Å². The molecule has 1 aromatic rings. The summed E-state index contributed by atoms with van der Waals surface area (Å²) in [6.45, 7) is 3.79. The molecule has 0 saturated heterocycles. The molecule has 0 fully saturated rings. The first-order valence-corrected chi connectivity index (χ1v) is 5.10. The number of fused-ring (bicyclic) bond motifs is 1. The second-order valence-electron chi connectivity index (χ2n) is 3.51. The van der Waals surface area contributed by atoms with Crippen molar-refractivity contribution in [1.29, 1.82) is 0 Å². The summed E-state index contributed by atoms with van der Waals surface area (Å²) in [4.78, 5) is 11.5. The van der Waals surface area contributed by atoms with Crippen LogP contribution >= 0.6 is 15.9 Å². The monoisotopic (exact) mass is 242 g/mol. The zero-order valence-electron chi connectivity index (χ0n) is 7.38. The fourth-order valence-electron chi connectivity index (χ4n) is 1.57. The molecule has 0 aliphatic carbocycles. The molecule has 1 aliphatic heterocycles. The summed E-state index contributed by atoms with van der Waals surface area (Å²) in [6.07, 6.45) is 1.96. The number of hydrogen-bond donors (Lipinski definition) is 1. The van der Waals surface area contributed by atoms with Gasteiger partial charge in [0.15, 0.2) is 0 Å². The number of halogens is 1. The first-order valence-electron chi connectivity index (χ1n) is 4.30. The van der Waals surface area contributed by atoms with Crippen LogP contribution in [0.3, 0.4) is 0 Å². The van der Waals surface area contributed by atoms with Gasteiger partial charge in [0, 0.05) is 23.8 Å². The van der Waals surface area contributed by atoms with E-state index in [-0.39, 0.29) is 5.91 Å². The first kappa shape index (κ1) is 8.81. The maximum absolute atomic E-state index is 11.5. The highest BCUT2D eigenvalue weighted by molar-refractivity contribution is 9.10. The Morgan fingerprint density at radius 3 is 3.23 bits per heavy atom. The molecule has 3 nitrogen and oxygen atoms in total. The molecule has 0 radical (unpaired) electrons. The van der Waals surface area contributed by atoms with E-state index < -0.39 is 0 Å². The lowest BCUT2D eigenvalue weighted by Crippen LogP contribution is -2.25. The van der Waals surface area contributed by atoms with Crippen molar-refractivity contribution in [3.8, 4) is 0 Å². The third-order valence-electron chi connectivity index (χ3n) is 2.22. The van der Waals surface area contributed by atoms with Crippen LogP contribution < -0.4 is 5.32 Å². The van der Waals surface area contributed by atoms with E-state index in [1.165, 1.54) is 0 Å². The van der Waals surface area contributed by atoms with Crippen molar-refractivity contribution in [1.82, 2.24) is 9.88 Å². The molecule has 1 aliphatic rings. The van der Waals surface area contributed by atoms with Crippen LogP contribution in [-0.2, 0) is 6.54 Å². The first-order chi connectivity index (χ1) is 6.16. The minimum Gasteiger partial charge on any atom is -0.350 e. The predicted octanol–water partition coefficient (Wildman–Crippen LogP) is 1.63. The Labute approximate surface area is 85.2 Å². The zero-order chi connectivity index (χ0) is 9.42. The maximum atomic E-state index is 11.5. The number of nitrogens with zero attached hydrogens (tertiary/aromatic N) is 1. The van der Waals surface area contributed by atoms with Crippen molar-refractivity contribution in [2.24, 2.45) is 5.92 Å². The van der Waals surface area contributed by atoms with Gasteiger partial charge in [0.25, 0.3) is 5.91 Å². The van der Waals surface area contributed by atoms with Gasteiger partial charge in [-0.05, 0) is 27.9 Å². The predicted molar refractivity (Wildman–Crippen MR) is 53.6 cm³/mol. The van der Waals surface area contributed by atoms with Gasteiger partial charge in [-0.25, -0.2) is 0 Å². The Balaban J connectivity index is 2.42. The van der Waals surface area contributed by atoms with E-state index in [9.17, 15) is 4.79 Å². The van der Waals surface area contributed by atoms with E-state index in [2.05, 4.69) is 28.2 Å². The number of amides is 1. The molecule has 0 saturated carbocycles.